The molecule has 0 saturated carbocycles. The average Bonchev–Trinajstić information content (AvgIpc) is 2.53. The molecule has 1 aromatic rings. The minimum Gasteiger partial charge on any atom is -0.310 e. The van der Waals surface area contributed by atoms with Gasteiger partial charge in [0.25, 0.3) is 0 Å². The molecule has 1 unspecified atom stereocenters. The fourth-order valence-electron chi connectivity index (χ4n) is 3.18. The van der Waals surface area contributed by atoms with Crippen LogP contribution in [0.1, 0.15) is 76.0 Å². The minimum absolute atomic E-state index is 0.491. The van der Waals surface area contributed by atoms with Gasteiger partial charge in [-0.25, -0.2) is 0 Å². The Labute approximate surface area is 130 Å². The van der Waals surface area contributed by atoms with Crippen LogP contribution in [0.4, 0.5) is 0 Å². The first-order valence-electron chi connectivity index (χ1n) is 8.83. The van der Waals surface area contributed by atoms with Crippen molar-refractivity contribution >= 4 is 0 Å². The van der Waals surface area contributed by atoms with Gasteiger partial charge in [0.2, 0.25) is 0 Å². The molecule has 116 valence electrons. The van der Waals surface area contributed by atoms with Gasteiger partial charge in [-0.2, -0.15) is 0 Å². The van der Waals surface area contributed by atoms with E-state index in [-0.39, 0.29) is 0 Å². The zero-order valence-corrected chi connectivity index (χ0v) is 13.8. The van der Waals surface area contributed by atoms with E-state index in [9.17, 15) is 0 Å². The number of hydrogen-bond donors (Lipinski definition) is 1. The Morgan fingerprint density at radius 3 is 2.48 bits per heavy atom. The smallest absolute Gasteiger partial charge is 0.0357 e. The third-order valence-corrected chi connectivity index (χ3v) is 4.41. The fraction of sp³-hybridized carbons (Fsp3) is 0.600. The molecule has 0 aliphatic heterocycles. The third kappa shape index (κ3) is 5.32. The van der Waals surface area contributed by atoms with Crippen molar-refractivity contribution in [3.8, 4) is 0 Å². The molecule has 2 rings (SSSR count). The van der Waals surface area contributed by atoms with Crippen molar-refractivity contribution in [3.63, 3.8) is 0 Å². The summed E-state index contributed by atoms with van der Waals surface area (Å²) in [7, 11) is 0. The predicted octanol–water partition coefficient (Wildman–Crippen LogP) is 5.57. The van der Waals surface area contributed by atoms with Crippen LogP contribution in [0.5, 0.6) is 0 Å². The van der Waals surface area contributed by atoms with Crippen LogP contribution >= 0.6 is 0 Å². The van der Waals surface area contributed by atoms with E-state index in [0.29, 0.717) is 6.04 Å². The van der Waals surface area contributed by atoms with Gasteiger partial charge in [-0.05, 0) is 62.6 Å². The molecular formula is C20H31N. The topological polar surface area (TPSA) is 12.0 Å². The van der Waals surface area contributed by atoms with Crippen molar-refractivity contribution < 1.29 is 0 Å². The lowest BCUT2D eigenvalue weighted by atomic mass is 9.91. The van der Waals surface area contributed by atoms with Gasteiger partial charge in [0.1, 0.15) is 0 Å². The summed E-state index contributed by atoms with van der Waals surface area (Å²) in [5, 5.41) is 3.74. The highest BCUT2D eigenvalue weighted by Crippen LogP contribution is 2.28. The Balaban J connectivity index is 2.04. The van der Waals surface area contributed by atoms with Gasteiger partial charge in [-0.1, -0.05) is 56.2 Å². The lowest BCUT2D eigenvalue weighted by Gasteiger charge is -2.22. The number of rotatable bonds is 8. The molecular weight excluding hydrogens is 254 g/mol. The van der Waals surface area contributed by atoms with E-state index in [4.69, 9.17) is 0 Å². The second-order valence-corrected chi connectivity index (χ2v) is 6.31. The summed E-state index contributed by atoms with van der Waals surface area (Å²) < 4.78 is 0. The second-order valence-electron chi connectivity index (χ2n) is 6.31. The van der Waals surface area contributed by atoms with Crippen molar-refractivity contribution in [2.24, 2.45) is 0 Å². The molecule has 0 bridgehead atoms. The first kappa shape index (κ1) is 16.3. The highest BCUT2D eigenvalue weighted by molar-refractivity contribution is 5.26. The van der Waals surface area contributed by atoms with Crippen molar-refractivity contribution in [3.05, 3.63) is 47.0 Å². The Kier molecular flexibility index (Phi) is 7.02. The summed E-state index contributed by atoms with van der Waals surface area (Å²) in [5.74, 6) is 0. The summed E-state index contributed by atoms with van der Waals surface area (Å²) in [6.45, 7) is 5.60. The van der Waals surface area contributed by atoms with Gasteiger partial charge < -0.3 is 5.32 Å². The molecule has 1 aliphatic rings. The van der Waals surface area contributed by atoms with Crippen molar-refractivity contribution in [1.29, 1.82) is 0 Å². The fourth-order valence-corrected chi connectivity index (χ4v) is 3.18. The quantitative estimate of drug-likeness (QED) is 0.616. The van der Waals surface area contributed by atoms with Crippen molar-refractivity contribution in [2.75, 3.05) is 6.54 Å². The van der Waals surface area contributed by atoms with Crippen LogP contribution in [0.25, 0.3) is 0 Å². The molecule has 0 aromatic heterocycles. The van der Waals surface area contributed by atoms with E-state index < -0.39 is 0 Å². The number of nitrogens with one attached hydrogen (secondary N) is 1. The van der Waals surface area contributed by atoms with E-state index in [1.54, 1.807) is 5.57 Å². The van der Waals surface area contributed by atoms with Gasteiger partial charge in [0.05, 0.1) is 0 Å². The van der Waals surface area contributed by atoms with Crippen LogP contribution in [-0.2, 0) is 6.42 Å². The molecule has 0 heterocycles. The average molecular weight is 285 g/mol. The molecule has 1 nitrogen and oxygen atoms in total. The highest BCUT2D eigenvalue weighted by Gasteiger charge is 2.14. The lowest BCUT2D eigenvalue weighted by Crippen LogP contribution is -2.23. The summed E-state index contributed by atoms with van der Waals surface area (Å²) in [6, 6.07) is 9.79. The SMILES string of the molecule is CCCNC(CC1=CCCCC1)c1ccc(CCC)cc1. The minimum atomic E-state index is 0.491. The molecule has 0 fully saturated rings. The molecule has 1 heteroatoms. The maximum atomic E-state index is 3.74. The van der Waals surface area contributed by atoms with Gasteiger partial charge in [0.15, 0.2) is 0 Å². The normalized spacial score (nSPS) is 16.6. The van der Waals surface area contributed by atoms with Gasteiger partial charge in [-0.3, -0.25) is 0 Å². The third-order valence-electron chi connectivity index (χ3n) is 4.41. The molecule has 1 N–H and O–H groups in total. The summed E-state index contributed by atoms with van der Waals surface area (Å²) in [6.07, 6.45) is 12.6. The number of hydrogen-bond acceptors (Lipinski definition) is 1. The van der Waals surface area contributed by atoms with E-state index in [0.717, 1.165) is 6.54 Å². The molecule has 1 aliphatic carbocycles. The Morgan fingerprint density at radius 1 is 1.05 bits per heavy atom. The lowest BCUT2D eigenvalue weighted by molar-refractivity contribution is 0.511. The summed E-state index contributed by atoms with van der Waals surface area (Å²) in [5.41, 5.74) is 4.58. The van der Waals surface area contributed by atoms with Gasteiger partial charge in [-0.15, -0.1) is 0 Å². The standard InChI is InChI=1S/C20H31N/c1-3-8-17-11-13-19(14-12-17)20(21-15-4-2)16-18-9-6-5-7-10-18/h9,11-14,20-21H,3-8,10,15-16H2,1-2H3. The molecule has 0 saturated heterocycles. The Bertz CT molecular complexity index is 430. The zero-order valence-electron chi connectivity index (χ0n) is 13.8. The maximum absolute atomic E-state index is 3.74. The number of benzene rings is 1. The summed E-state index contributed by atoms with van der Waals surface area (Å²) >= 11 is 0. The van der Waals surface area contributed by atoms with Crippen LogP contribution in [0.15, 0.2) is 35.9 Å². The monoisotopic (exact) mass is 285 g/mol. The molecule has 1 aromatic carbocycles. The van der Waals surface area contributed by atoms with Crippen molar-refractivity contribution in [1.82, 2.24) is 5.32 Å². The van der Waals surface area contributed by atoms with E-state index in [2.05, 4.69) is 49.5 Å². The highest BCUT2D eigenvalue weighted by atomic mass is 14.9. The largest absolute Gasteiger partial charge is 0.310 e. The molecule has 0 radical (unpaired) electrons. The molecule has 0 amide bonds. The Morgan fingerprint density at radius 2 is 1.86 bits per heavy atom. The second kappa shape index (κ2) is 9.04. The van der Waals surface area contributed by atoms with Gasteiger partial charge in [0, 0.05) is 6.04 Å². The van der Waals surface area contributed by atoms with E-state index in [1.807, 2.05) is 0 Å². The van der Waals surface area contributed by atoms with Crippen LogP contribution in [0.2, 0.25) is 0 Å². The first-order chi connectivity index (χ1) is 10.3. The number of aryl methyl sites for hydroxylation is 1. The van der Waals surface area contributed by atoms with Gasteiger partial charge >= 0.3 is 0 Å². The predicted molar refractivity (Wildman–Crippen MR) is 92.6 cm³/mol. The van der Waals surface area contributed by atoms with Crippen LogP contribution in [0, 0.1) is 0 Å². The van der Waals surface area contributed by atoms with Crippen LogP contribution in [-0.4, -0.2) is 6.54 Å². The van der Waals surface area contributed by atoms with E-state index >= 15 is 0 Å². The molecule has 1 atom stereocenters. The first-order valence-corrected chi connectivity index (χ1v) is 8.83. The summed E-state index contributed by atoms with van der Waals surface area (Å²) in [4.78, 5) is 0. The van der Waals surface area contributed by atoms with Crippen molar-refractivity contribution in [2.45, 2.75) is 71.3 Å². The number of allylic oxidation sites excluding steroid dienone is 1. The Hall–Kier alpha value is -1.08. The van der Waals surface area contributed by atoms with E-state index in [1.165, 1.54) is 62.5 Å². The van der Waals surface area contributed by atoms with Crippen LogP contribution in [0.3, 0.4) is 0 Å². The molecule has 21 heavy (non-hydrogen) atoms. The maximum Gasteiger partial charge on any atom is 0.0357 e. The molecule has 0 spiro atoms. The van der Waals surface area contributed by atoms with Crippen LogP contribution < -0.4 is 5.32 Å². The zero-order chi connectivity index (χ0) is 14.9.